The summed E-state index contributed by atoms with van der Waals surface area (Å²) in [6, 6.07) is 4.97. The molecule has 0 saturated heterocycles. The van der Waals surface area contributed by atoms with Crippen LogP contribution in [0.5, 0.6) is 0 Å². The lowest BCUT2D eigenvalue weighted by Crippen LogP contribution is -2.05. The summed E-state index contributed by atoms with van der Waals surface area (Å²) in [7, 11) is 0. The molecule has 3 aromatic rings. The molecule has 0 bridgehead atoms. The Morgan fingerprint density at radius 1 is 1.23 bits per heavy atom. The Labute approximate surface area is 181 Å². The van der Waals surface area contributed by atoms with Crippen LogP contribution in [0.25, 0.3) is 20.8 Å². The molecule has 1 aromatic carbocycles. The number of halogens is 5. The molecule has 0 N–H and O–H groups in total. The molecule has 3 rings (SSSR count). The lowest BCUT2D eigenvalue weighted by atomic mass is 10.1. The van der Waals surface area contributed by atoms with Gasteiger partial charge in [-0.05, 0) is 28.1 Å². The van der Waals surface area contributed by atoms with Crippen molar-refractivity contribution in [2.24, 2.45) is 0 Å². The molecule has 0 aliphatic rings. The Hall–Kier alpha value is -0.563. The van der Waals surface area contributed by atoms with Crippen molar-refractivity contribution >= 4 is 82.7 Å². The summed E-state index contributed by atoms with van der Waals surface area (Å²) in [5.74, 6) is -0.517. The summed E-state index contributed by atoms with van der Waals surface area (Å²) >= 11 is 20.3. The van der Waals surface area contributed by atoms with Gasteiger partial charge in [-0.3, -0.25) is 0 Å². The van der Waals surface area contributed by atoms with Crippen molar-refractivity contribution < 1.29 is 4.39 Å². The van der Waals surface area contributed by atoms with E-state index >= 15 is 0 Å². The van der Waals surface area contributed by atoms with Crippen molar-refractivity contribution in [1.29, 1.82) is 5.26 Å². The summed E-state index contributed by atoms with van der Waals surface area (Å²) in [5.41, 5.74) is 1.03. The van der Waals surface area contributed by atoms with Crippen molar-refractivity contribution in [3.63, 3.8) is 0 Å². The van der Waals surface area contributed by atoms with Gasteiger partial charge < -0.3 is 0 Å². The molecule has 136 valence electrons. The highest BCUT2D eigenvalue weighted by atomic mass is 79.9. The summed E-state index contributed by atoms with van der Waals surface area (Å²) in [6.07, 6.45) is 1.10. The maximum Gasteiger partial charge on any atom is 0.168 e. The van der Waals surface area contributed by atoms with Crippen molar-refractivity contribution in [3.8, 4) is 16.6 Å². The van der Waals surface area contributed by atoms with Crippen LogP contribution in [-0.4, -0.2) is 16.7 Å². The summed E-state index contributed by atoms with van der Waals surface area (Å²) < 4.78 is 14.8. The van der Waals surface area contributed by atoms with E-state index in [4.69, 9.17) is 28.5 Å². The minimum absolute atomic E-state index is 0.202. The van der Waals surface area contributed by atoms with E-state index in [9.17, 15) is 4.39 Å². The van der Waals surface area contributed by atoms with Crippen LogP contribution in [0.1, 0.15) is 5.56 Å². The average Bonchev–Trinajstić information content (AvgIpc) is 2.94. The Morgan fingerprint density at radius 3 is 2.23 bits per heavy atom. The van der Waals surface area contributed by atoms with E-state index in [1.54, 1.807) is 0 Å². The largest absolute Gasteiger partial charge is 0.245 e. The normalized spacial score (nSPS) is 11.0. The zero-order chi connectivity index (χ0) is 19.6. The second-order valence-electron chi connectivity index (χ2n) is 6.09. The zero-order valence-corrected chi connectivity index (χ0v) is 20.4. The van der Waals surface area contributed by atoms with E-state index in [0.717, 1.165) is 6.20 Å². The molecule has 2 heterocycles. The van der Waals surface area contributed by atoms with E-state index < -0.39 is 12.5 Å². The number of hydrogen-bond acceptors (Lipinski definition) is 4. The van der Waals surface area contributed by atoms with Crippen LogP contribution in [0.15, 0.2) is 22.9 Å². The van der Waals surface area contributed by atoms with Crippen LogP contribution in [0.4, 0.5) is 4.39 Å². The van der Waals surface area contributed by atoms with E-state index in [1.807, 2.05) is 6.07 Å². The Kier molecular flexibility index (Phi) is 7.21. The first-order valence-electron chi connectivity index (χ1n) is 7.20. The highest BCUT2D eigenvalue weighted by molar-refractivity contribution is 9.26. The van der Waals surface area contributed by atoms with Crippen molar-refractivity contribution in [2.45, 2.75) is 19.6 Å². The first-order chi connectivity index (χ1) is 12.0. The second-order valence-corrected chi connectivity index (χ2v) is 19.9. The highest BCUT2D eigenvalue weighted by Gasteiger charge is 2.18. The second kappa shape index (κ2) is 8.63. The van der Waals surface area contributed by atoms with Gasteiger partial charge in [-0.25, -0.2) is 14.4 Å². The fourth-order valence-corrected chi connectivity index (χ4v) is 4.14. The molecule has 0 fully saturated rings. The first-order valence-corrected chi connectivity index (χ1v) is 15.3. The van der Waals surface area contributed by atoms with Gasteiger partial charge in [-0.1, -0.05) is 42.8 Å². The molecule has 0 atom stereocenters. The van der Waals surface area contributed by atoms with E-state index in [2.05, 4.69) is 60.8 Å². The van der Waals surface area contributed by atoms with Crippen molar-refractivity contribution in [3.05, 3.63) is 44.4 Å². The van der Waals surface area contributed by atoms with Gasteiger partial charge in [0.2, 0.25) is 0 Å². The molecule has 0 amide bonds. The number of thiazole rings is 1. The van der Waals surface area contributed by atoms with E-state index in [1.165, 1.54) is 23.5 Å². The molecule has 3 nitrogen and oxygen atoms in total. The number of nitrogens with zero attached hydrogens (tertiary/aromatic N) is 3. The van der Waals surface area contributed by atoms with Crippen LogP contribution in [0, 0.1) is 17.1 Å². The van der Waals surface area contributed by atoms with Gasteiger partial charge in [0.05, 0.1) is 32.6 Å². The lowest BCUT2D eigenvalue weighted by molar-refractivity contribution is 0.631. The molecule has 0 aliphatic carbocycles. The number of rotatable bonds is 1. The summed E-state index contributed by atoms with van der Waals surface area (Å²) in [5, 5.41) is 9.95. The van der Waals surface area contributed by atoms with Crippen LogP contribution in [0.2, 0.25) is 29.7 Å². The van der Waals surface area contributed by atoms with Gasteiger partial charge >= 0.3 is 0 Å². The SMILES string of the molecule is C[Si](C)(C)Br.N#Cc1cc(Cl)c(-c2nc3c(F)cnc(Br)c3s2)c(Cl)c1. The molecular formula is C16H12Br2Cl2FN3SSi. The Balaban J connectivity index is 0.000000431. The van der Waals surface area contributed by atoms with Gasteiger partial charge in [-0.2, -0.15) is 5.26 Å². The monoisotopic (exact) mass is 553 g/mol. The summed E-state index contributed by atoms with van der Waals surface area (Å²) in [4.78, 5) is 8.13. The fraction of sp³-hybridized carbons (Fsp3) is 0.188. The standard InChI is InChI=1S/C13H3BrCl2FN3S.C3H9BrSi/c14-12-11-10(8(17)4-19-12)20-13(21-11)9-6(15)1-5(3-18)2-7(9)16;1-5(2,3)4/h1-2,4H;1-3H3. The van der Waals surface area contributed by atoms with Crippen molar-refractivity contribution in [1.82, 2.24) is 9.97 Å². The van der Waals surface area contributed by atoms with Crippen LogP contribution < -0.4 is 0 Å². The number of pyridine rings is 1. The minimum Gasteiger partial charge on any atom is -0.245 e. The van der Waals surface area contributed by atoms with Crippen LogP contribution in [0.3, 0.4) is 0 Å². The molecule has 0 unspecified atom stereocenters. The van der Waals surface area contributed by atoms with Gasteiger partial charge in [-0.15, -0.1) is 26.6 Å². The molecule has 26 heavy (non-hydrogen) atoms. The summed E-state index contributed by atoms with van der Waals surface area (Å²) in [6.45, 7) is 5.93. The quantitative estimate of drug-likeness (QED) is 0.176. The van der Waals surface area contributed by atoms with E-state index in [-0.39, 0.29) is 5.52 Å². The Morgan fingerprint density at radius 2 is 1.77 bits per heavy atom. The Bertz CT molecular complexity index is 947. The predicted octanol–water partition coefficient (Wildman–Crippen LogP) is 7.65. The number of aromatic nitrogens is 2. The van der Waals surface area contributed by atoms with Gasteiger partial charge in [0.25, 0.3) is 0 Å². The molecule has 0 spiro atoms. The number of hydrogen-bond donors (Lipinski definition) is 0. The van der Waals surface area contributed by atoms with Crippen LogP contribution >= 0.6 is 65.8 Å². The topological polar surface area (TPSA) is 49.6 Å². The molecule has 10 heteroatoms. The highest BCUT2D eigenvalue weighted by Crippen LogP contribution is 2.41. The van der Waals surface area contributed by atoms with E-state index in [0.29, 0.717) is 35.5 Å². The maximum atomic E-state index is 13.8. The molecular weight excluding hydrogens is 544 g/mol. The van der Waals surface area contributed by atoms with Gasteiger partial charge in [0, 0.05) is 5.56 Å². The third kappa shape index (κ3) is 5.47. The lowest BCUT2D eigenvalue weighted by Gasteiger charge is -2.03. The number of fused-ring (bicyclic) bond motifs is 1. The van der Waals surface area contributed by atoms with Gasteiger partial charge in [0.1, 0.15) is 21.8 Å². The predicted molar refractivity (Wildman–Crippen MR) is 118 cm³/mol. The molecule has 0 radical (unpaired) electrons. The van der Waals surface area contributed by atoms with Crippen molar-refractivity contribution in [2.75, 3.05) is 0 Å². The zero-order valence-electron chi connectivity index (χ0n) is 13.9. The smallest absolute Gasteiger partial charge is 0.168 e. The fourth-order valence-electron chi connectivity index (χ4n) is 1.80. The van der Waals surface area contributed by atoms with Crippen LogP contribution in [-0.2, 0) is 0 Å². The minimum atomic E-state index is -0.799. The molecule has 0 aliphatic heterocycles. The average molecular weight is 556 g/mol. The molecule has 0 saturated carbocycles. The maximum absolute atomic E-state index is 13.8. The van der Waals surface area contributed by atoms with Gasteiger partial charge in [0.15, 0.2) is 5.82 Å². The first kappa shape index (κ1) is 21.7. The molecule has 2 aromatic heterocycles. The third-order valence-electron chi connectivity index (χ3n) is 2.72. The number of nitriles is 1. The number of benzene rings is 1. The third-order valence-corrected chi connectivity index (χ3v) is 5.26.